The zero-order chi connectivity index (χ0) is 17.3. The molecule has 24 heavy (non-hydrogen) atoms. The summed E-state index contributed by atoms with van der Waals surface area (Å²) in [7, 11) is 1.45. The summed E-state index contributed by atoms with van der Waals surface area (Å²) >= 11 is 0. The van der Waals surface area contributed by atoms with Gasteiger partial charge in [-0.25, -0.2) is 0 Å². The molecule has 0 spiro atoms. The average Bonchev–Trinajstić information content (AvgIpc) is 2.98. The predicted molar refractivity (Wildman–Crippen MR) is 92.3 cm³/mol. The number of benzene rings is 1. The summed E-state index contributed by atoms with van der Waals surface area (Å²) in [6.07, 6.45) is 4.17. The topological polar surface area (TPSA) is 74.0 Å². The first-order valence-corrected chi connectivity index (χ1v) is 8.03. The zero-order valence-electron chi connectivity index (χ0n) is 14.1. The number of aromatic nitrogens is 3. The minimum absolute atomic E-state index is 0.0205. The van der Waals surface area contributed by atoms with E-state index in [9.17, 15) is 10.0 Å². The summed E-state index contributed by atoms with van der Waals surface area (Å²) in [6, 6.07) is 7.93. The minimum Gasteiger partial charge on any atom is -0.616 e. The van der Waals surface area contributed by atoms with Crippen LogP contribution >= 0.6 is 0 Å². The number of hydrogen-bond donors (Lipinski definition) is 1. The maximum Gasteiger partial charge on any atom is 0.400 e. The summed E-state index contributed by atoms with van der Waals surface area (Å²) in [5, 5.41) is 13.2. The molecular weight excluding hydrogens is 306 g/mol. The second kappa shape index (κ2) is 6.39. The van der Waals surface area contributed by atoms with Crippen LogP contribution in [0.3, 0.4) is 0 Å². The maximum absolute atomic E-state index is 12.4. The lowest BCUT2D eigenvalue weighted by Gasteiger charge is -2.19. The molecule has 0 aliphatic carbocycles. The van der Waals surface area contributed by atoms with E-state index in [1.54, 1.807) is 4.57 Å². The van der Waals surface area contributed by atoms with Gasteiger partial charge in [0.05, 0.1) is 7.11 Å². The molecule has 0 aliphatic rings. The van der Waals surface area contributed by atoms with Crippen LogP contribution in [0.4, 0.5) is 0 Å². The minimum atomic E-state index is -0.310. The van der Waals surface area contributed by atoms with E-state index < -0.39 is 0 Å². The Morgan fingerprint density at radius 3 is 2.83 bits per heavy atom. The van der Waals surface area contributed by atoms with Crippen LogP contribution in [0.5, 0.6) is 5.88 Å². The van der Waals surface area contributed by atoms with Gasteiger partial charge >= 0.3 is 11.4 Å². The highest BCUT2D eigenvalue weighted by molar-refractivity contribution is 5.83. The molecule has 126 valence electrons. The van der Waals surface area contributed by atoms with Gasteiger partial charge in [0.15, 0.2) is 0 Å². The molecule has 3 rings (SSSR count). The van der Waals surface area contributed by atoms with E-state index in [4.69, 9.17) is 4.74 Å². The third kappa shape index (κ3) is 2.64. The van der Waals surface area contributed by atoms with Crippen LogP contribution in [0, 0.1) is 5.21 Å². The molecule has 0 saturated carbocycles. The quantitative estimate of drug-likeness (QED) is 0.578. The number of para-hydroxylation sites is 1. The molecule has 2 aromatic heterocycles. The number of fused-ring (bicyclic) bond motifs is 1. The van der Waals surface area contributed by atoms with Crippen molar-refractivity contribution in [1.29, 1.82) is 0 Å². The molecule has 1 atom stereocenters. The van der Waals surface area contributed by atoms with Crippen LogP contribution in [0.2, 0.25) is 0 Å². The molecule has 1 aromatic carbocycles. The van der Waals surface area contributed by atoms with Crippen LogP contribution < -0.4 is 15.0 Å². The Hall–Kier alpha value is -2.76. The molecule has 0 saturated heterocycles. The third-order valence-electron chi connectivity index (χ3n) is 4.46. The standard InChI is InChI=1S/C18H21N3O3/c1-4-12(2)21-16(18(24-3)20(23)11-17(21)22)9-13-10-19-15-8-6-5-7-14(13)15/h5-8,10-12,19H,4,9H2,1-3H3. The van der Waals surface area contributed by atoms with Crippen molar-refractivity contribution in [2.75, 3.05) is 7.11 Å². The lowest BCUT2D eigenvalue weighted by atomic mass is 10.1. The first-order valence-electron chi connectivity index (χ1n) is 8.03. The molecular formula is C18H21N3O3. The lowest BCUT2D eigenvalue weighted by molar-refractivity contribution is -0.614. The van der Waals surface area contributed by atoms with Crippen molar-refractivity contribution in [3.05, 3.63) is 63.5 Å². The van der Waals surface area contributed by atoms with Crippen LogP contribution in [-0.2, 0) is 6.42 Å². The van der Waals surface area contributed by atoms with Crippen LogP contribution in [0.1, 0.15) is 37.6 Å². The smallest absolute Gasteiger partial charge is 0.400 e. The van der Waals surface area contributed by atoms with Crippen molar-refractivity contribution >= 4 is 10.9 Å². The van der Waals surface area contributed by atoms with E-state index in [-0.39, 0.29) is 17.5 Å². The van der Waals surface area contributed by atoms with E-state index in [0.717, 1.165) is 29.1 Å². The van der Waals surface area contributed by atoms with Crippen molar-refractivity contribution in [2.45, 2.75) is 32.7 Å². The second-order valence-electron chi connectivity index (χ2n) is 5.91. The molecule has 0 fully saturated rings. The lowest BCUT2D eigenvalue weighted by Crippen LogP contribution is -2.40. The fraction of sp³-hybridized carbons (Fsp3) is 0.333. The number of nitrogens with one attached hydrogen (secondary N) is 1. The van der Waals surface area contributed by atoms with Crippen molar-refractivity contribution in [2.24, 2.45) is 0 Å². The number of nitrogens with zero attached hydrogens (tertiary/aromatic N) is 2. The molecule has 0 radical (unpaired) electrons. The molecule has 3 aromatic rings. The molecule has 0 bridgehead atoms. The molecule has 1 N–H and O–H groups in total. The zero-order valence-corrected chi connectivity index (χ0v) is 14.1. The maximum atomic E-state index is 12.4. The van der Waals surface area contributed by atoms with Gasteiger partial charge in [-0.05, 0) is 25.0 Å². The molecule has 6 nitrogen and oxygen atoms in total. The first kappa shape index (κ1) is 16.1. The number of H-pyrrole nitrogens is 1. The van der Waals surface area contributed by atoms with Gasteiger partial charge < -0.3 is 14.9 Å². The highest BCUT2D eigenvalue weighted by Gasteiger charge is 2.24. The summed E-state index contributed by atoms with van der Waals surface area (Å²) in [5.41, 5.74) is 2.33. The summed E-state index contributed by atoms with van der Waals surface area (Å²) < 4.78 is 7.49. The van der Waals surface area contributed by atoms with Crippen LogP contribution in [0.15, 0.2) is 41.5 Å². The number of methoxy groups -OCH3 is 1. The van der Waals surface area contributed by atoms with Crippen molar-refractivity contribution in [1.82, 2.24) is 9.55 Å². The number of ether oxygens (including phenoxy) is 1. The van der Waals surface area contributed by atoms with Gasteiger partial charge in [0.25, 0.3) is 0 Å². The first-order chi connectivity index (χ1) is 11.6. The fourth-order valence-corrected chi connectivity index (χ4v) is 3.08. The number of hydrogen-bond acceptors (Lipinski definition) is 3. The summed E-state index contributed by atoms with van der Waals surface area (Å²) in [4.78, 5) is 15.6. The van der Waals surface area contributed by atoms with E-state index in [1.165, 1.54) is 7.11 Å². The van der Waals surface area contributed by atoms with Crippen molar-refractivity contribution < 1.29 is 9.47 Å². The van der Waals surface area contributed by atoms with E-state index in [0.29, 0.717) is 16.8 Å². The Kier molecular flexibility index (Phi) is 4.29. The van der Waals surface area contributed by atoms with Gasteiger partial charge in [0, 0.05) is 29.6 Å². The van der Waals surface area contributed by atoms with Gasteiger partial charge in [0.2, 0.25) is 6.20 Å². The van der Waals surface area contributed by atoms with E-state index in [2.05, 4.69) is 4.98 Å². The molecule has 1 unspecified atom stereocenters. The molecule has 0 aliphatic heterocycles. The van der Waals surface area contributed by atoms with Gasteiger partial charge in [-0.2, -0.15) is 0 Å². The molecule has 6 heteroatoms. The summed E-state index contributed by atoms with van der Waals surface area (Å²) in [5.74, 6) is 0.167. The van der Waals surface area contributed by atoms with Crippen LogP contribution in [0.25, 0.3) is 10.9 Å². The van der Waals surface area contributed by atoms with Crippen molar-refractivity contribution in [3.63, 3.8) is 0 Å². The monoisotopic (exact) mass is 327 g/mol. The third-order valence-corrected chi connectivity index (χ3v) is 4.46. The normalized spacial score (nSPS) is 12.5. The van der Waals surface area contributed by atoms with Gasteiger partial charge in [-0.1, -0.05) is 25.1 Å². The Labute approximate surface area is 139 Å². The molecule has 0 amide bonds. The Balaban J connectivity index is 2.20. The largest absolute Gasteiger partial charge is 0.616 e. The summed E-state index contributed by atoms with van der Waals surface area (Å²) in [6.45, 7) is 3.98. The van der Waals surface area contributed by atoms with Gasteiger partial charge in [0.1, 0.15) is 5.69 Å². The Morgan fingerprint density at radius 2 is 2.12 bits per heavy atom. The van der Waals surface area contributed by atoms with Gasteiger partial charge in [-0.3, -0.25) is 9.36 Å². The highest BCUT2D eigenvalue weighted by atomic mass is 16.5. The number of rotatable bonds is 5. The predicted octanol–water partition coefficient (Wildman–Crippen LogP) is 2.53. The van der Waals surface area contributed by atoms with Gasteiger partial charge in [-0.15, -0.1) is 4.73 Å². The second-order valence-corrected chi connectivity index (χ2v) is 5.91. The fourth-order valence-electron chi connectivity index (χ4n) is 3.08. The highest BCUT2D eigenvalue weighted by Crippen LogP contribution is 2.25. The van der Waals surface area contributed by atoms with E-state index >= 15 is 0 Å². The number of aromatic amines is 1. The molecule has 2 heterocycles. The van der Waals surface area contributed by atoms with Crippen LogP contribution in [-0.4, -0.2) is 16.7 Å². The SMILES string of the molecule is CCC(C)n1c(Cc2c[nH]c3ccccc23)c(OC)[n+]([O-])cc1=O. The average molecular weight is 327 g/mol. The Bertz CT molecular complexity index is 927. The Morgan fingerprint density at radius 1 is 1.38 bits per heavy atom. The van der Waals surface area contributed by atoms with E-state index in [1.807, 2.05) is 44.3 Å². The van der Waals surface area contributed by atoms with Crippen molar-refractivity contribution in [3.8, 4) is 5.88 Å².